The molecule has 2 N–H and O–H groups in total. The largest absolute Gasteiger partial charge is 0.357 e. The molecule has 3 rings (SSSR count). The molecule has 0 unspecified atom stereocenters. The van der Waals surface area contributed by atoms with Gasteiger partial charge < -0.3 is 10.6 Å². The molecule has 28 heavy (non-hydrogen) atoms. The van der Waals surface area contributed by atoms with Crippen LogP contribution in [0.3, 0.4) is 0 Å². The van der Waals surface area contributed by atoms with Crippen molar-refractivity contribution in [3.63, 3.8) is 0 Å². The molecule has 148 valence electrons. The van der Waals surface area contributed by atoms with Gasteiger partial charge in [-0.05, 0) is 48.7 Å². The summed E-state index contributed by atoms with van der Waals surface area (Å²) in [5.41, 5.74) is 3.29. The fourth-order valence-corrected chi connectivity index (χ4v) is 2.72. The number of halogens is 2. The highest BCUT2D eigenvalue weighted by molar-refractivity contribution is 14.0. The lowest BCUT2D eigenvalue weighted by Crippen LogP contribution is -2.38. The van der Waals surface area contributed by atoms with E-state index in [1.165, 1.54) is 0 Å². The Morgan fingerprint density at radius 3 is 2.75 bits per heavy atom. The van der Waals surface area contributed by atoms with Gasteiger partial charge in [-0.3, -0.25) is 0 Å². The second-order valence-electron chi connectivity index (χ2n) is 5.98. The predicted molar refractivity (Wildman–Crippen MR) is 125 cm³/mol. The van der Waals surface area contributed by atoms with Crippen LogP contribution in [0.25, 0.3) is 5.69 Å². The second-order valence-corrected chi connectivity index (χ2v) is 6.37. The fraction of sp³-hybridized carbons (Fsp3) is 0.250. The summed E-state index contributed by atoms with van der Waals surface area (Å²) in [4.78, 5) is 8.78. The molecule has 0 radical (unpaired) electrons. The summed E-state index contributed by atoms with van der Waals surface area (Å²) in [5.74, 6) is 0.795. The minimum Gasteiger partial charge on any atom is -0.357 e. The quantitative estimate of drug-likeness (QED) is 0.219. The molecular weight excluding hydrogens is 487 g/mol. The summed E-state index contributed by atoms with van der Waals surface area (Å²) in [6.45, 7) is 4.22. The van der Waals surface area contributed by atoms with Crippen LogP contribution in [-0.2, 0) is 13.0 Å². The number of hydrogen-bond acceptors (Lipinski definition) is 3. The van der Waals surface area contributed by atoms with E-state index in [4.69, 9.17) is 11.6 Å². The van der Waals surface area contributed by atoms with Crippen molar-refractivity contribution in [2.75, 3.05) is 13.1 Å². The Balaban J connectivity index is 0.00000280. The Kier molecular flexibility index (Phi) is 9.22. The van der Waals surface area contributed by atoms with Crippen LogP contribution < -0.4 is 10.6 Å². The molecule has 3 aromatic rings. The van der Waals surface area contributed by atoms with E-state index in [1.54, 1.807) is 12.4 Å². The van der Waals surface area contributed by atoms with E-state index in [2.05, 4.69) is 44.8 Å². The first-order valence-corrected chi connectivity index (χ1v) is 9.34. The van der Waals surface area contributed by atoms with Gasteiger partial charge in [-0.1, -0.05) is 29.8 Å². The van der Waals surface area contributed by atoms with Crippen LogP contribution in [-0.4, -0.2) is 33.8 Å². The Morgan fingerprint density at radius 1 is 1.14 bits per heavy atom. The summed E-state index contributed by atoms with van der Waals surface area (Å²) in [7, 11) is 0. The number of benzene rings is 1. The van der Waals surface area contributed by atoms with Crippen LogP contribution in [0.4, 0.5) is 0 Å². The molecule has 0 bridgehead atoms. The zero-order chi connectivity index (χ0) is 18.9. The number of aromatic nitrogens is 3. The van der Waals surface area contributed by atoms with Crippen molar-refractivity contribution < 1.29 is 0 Å². The van der Waals surface area contributed by atoms with Crippen molar-refractivity contribution in [2.24, 2.45) is 4.99 Å². The van der Waals surface area contributed by atoms with Crippen LogP contribution in [0.1, 0.15) is 18.1 Å². The van der Waals surface area contributed by atoms with E-state index in [0.29, 0.717) is 11.7 Å². The van der Waals surface area contributed by atoms with Gasteiger partial charge in [-0.2, -0.15) is 5.10 Å². The maximum absolute atomic E-state index is 5.82. The van der Waals surface area contributed by atoms with Crippen LogP contribution in [0.2, 0.25) is 5.15 Å². The van der Waals surface area contributed by atoms with Crippen LogP contribution in [0.5, 0.6) is 0 Å². The smallest absolute Gasteiger partial charge is 0.191 e. The van der Waals surface area contributed by atoms with Crippen molar-refractivity contribution in [3.8, 4) is 5.69 Å². The zero-order valence-corrected chi connectivity index (χ0v) is 18.8. The van der Waals surface area contributed by atoms with Gasteiger partial charge >= 0.3 is 0 Å². The predicted octanol–water partition coefficient (Wildman–Crippen LogP) is 3.84. The summed E-state index contributed by atoms with van der Waals surface area (Å²) >= 11 is 5.82. The molecule has 0 spiro atoms. The molecule has 2 heterocycles. The first-order valence-electron chi connectivity index (χ1n) is 8.96. The maximum atomic E-state index is 5.82. The van der Waals surface area contributed by atoms with E-state index in [0.717, 1.165) is 42.3 Å². The molecule has 2 aromatic heterocycles. The number of pyridine rings is 1. The number of rotatable bonds is 7. The van der Waals surface area contributed by atoms with E-state index < -0.39 is 0 Å². The lowest BCUT2D eigenvalue weighted by Gasteiger charge is -2.11. The van der Waals surface area contributed by atoms with Crippen molar-refractivity contribution in [2.45, 2.75) is 19.9 Å². The van der Waals surface area contributed by atoms with Crippen LogP contribution in [0, 0.1) is 0 Å². The highest BCUT2D eigenvalue weighted by Crippen LogP contribution is 2.10. The normalized spacial score (nSPS) is 11.0. The molecule has 1 aromatic carbocycles. The van der Waals surface area contributed by atoms with Crippen molar-refractivity contribution in [3.05, 3.63) is 77.3 Å². The number of nitrogens with zero attached hydrogens (tertiary/aromatic N) is 4. The topological polar surface area (TPSA) is 67.1 Å². The van der Waals surface area contributed by atoms with Gasteiger partial charge in [0.05, 0.1) is 12.2 Å². The van der Waals surface area contributed by atoms with Gasteiger partial charge in [-0.25, -0.2) is 14.7 Å². The van der Waals surface area contributed by atoms with Crippen molar-refractivity contribution >= 4 is 41.5 Å². The number of guanidine groups is 1. The van der Waals surface area contributed by atoms with E-state index >= 15 is 0 Å². The molecule has 6 nitrogen and oxygen atoms in total. The average molecular weight is 511 g/mol. The van der Waals surface area contributed by atoms with Gasteiger partial charge in [0.15, 0.2) is 5.96 Å². The molecule has 0 amide bonds. The summed E-state index contributed by atoms with van der Waals surface area (Å²) in [5, 5.41) is 11.4. The summed E-state index contributed by atoms with van der Waals surface area (Å²) < 4.78 is 1.84. The summed E-state index contributed by atoms with van der Waals surface area (Å²) in [6.07, 6.45) is 6.35. The molecule has 0 fully saturated rings. The first-order chi connectivity index (χ1) is 13.2. The molecule has 0 saturated heterocycles. The highest BCUT2D eigenvalue weighted by atomic mass is 127. The van der Waals surface area contributed by atoms with Crippen LogP contribution in [0.15, 0.2) is 66.0 Å². The minimum atomic E-state index is 0. The maximum Gasteiger partial charge on any atom is 0.191 e. The zero-order valence-electron chi connectivity index (χ0n) is 15.7. The van der Waals surface area contributed by atoms with Gasteiger partial charge in [-0.15, -0.1) is 24.0 Å². The van der Waals surface area contributed by atoms with Crippen molar-refractivity contribution in [1.82, 2.24) is 25.4 Å². The Morgan fingerprint density at radius 2 is 2.04 bits per heavy atom. The third-order valence-electron chi connectivity index (χ3n) is 3.94. The van der Waals surface area contributed by atoms with Crippen molar-refractivity contribution in [1.29, 1.82) is 0 Å². The fourth-order valence-electron chi connectivity index (χ4n) is 2.61. The number of hydrogen-bond donors (Lipinski definition) is 2. The third kappa shape index (κ3) is 6.79. The van der Waals surface area contributed by atoms with Gasteiger partial charge in [0.25, 0.3) is 0 Å². The summed E-state index contributed by atoms with van der Waals surface area (Å²) in [6, 6.07) is 13.9. The molecule has 0 atom stereocenters. The molecule has 0 saturated carbocycles. The lowest BCUT2D eigenvalue weighted by molar-refractivity contribution is 0.797. The molecule has 0 aliphatic rings. The monoisotopic (exact) mass is 510 g/mol. The SMILES string of the molecule is CCNC(=NCc1cccc(-n2cccn2)c1)NCCc1ccc(Cl)nc1.I. The third-order valence-corrected chi connectivity index (χ3v) is 4.16. The standard InChI is InChI=1S/C20H23ClN6.HI/c1-2-22-20(23-11-9-16-7-8-19(21)24-14-16)25-15-17-5-3-6-18(13-17)27-12-4-10-26-27;/h3-8,10,12-14H,2,9,11,15H2,1H3,(H2,22,23,25);1H. The van der Waals surface area contributed by atoms with Gasteiger partial charge in [0.1, 0.15) is 5.15 Å². The first kappa shape index (κ1) is 22.2. The van der Waals surface area contributed by atoms with E-state index in [1.807, 2.05) is 41.2 Å². The minimum absolute atomic E-state index is 0. The number of aliphatic imine (C=N–C) groups is 1. The second kappa shape index (κ2) is 11.7. The van der Waals surface area contributed by atoms with Crippen LogP contribution >= 0.6 is 35.6 Å². The average Bonchev–Trinajstić information content (AvgIpc) is 3.23. The Hall–Kier alpha value is -2.13. The van der Waals surface area contributed by atoms with Gasteiger partial charge in [0.2, 0.25) is 0 Å². The van der Waals surface area contributed by atoms with E-state index in [-0.39, 0.29) is 24.0 Å². The highest BCUT2D eigenvalue weighted by Gasteiger charge is 2.01. The Bertz CT molecular complexity index is 865. The lowest BCUT2D eigenvalue weighted by atomic mass is 10.2. The molecular formula is C20H24ClIN6. The Labute approximate surface area is 187 Å². The number of nitrogens with one attached hydrogen (secondary N) is 2. The molecule has 0 aliphatic heterocycles. The molecule has 8 heteroatoms. The van der Waals surface area contributed by atoms with Gasteiger partial charge in [0, 0.05) is 31.7 Å². The van der Waals surface area contributed by atoms with E-state index in [9.17, 15) is 0 Å². The molecule has 0 aliphatic carbocycles.